The lowest BCUT2D eigenvalue weighted by Crippen LogP contribution is -2.50. The summed E-state index contributed by atoms with van der Waals surface area (Å²) in [6.07, 6.45) is 4.14. The first kappa shape index (κ1) is 9.93. The second-order valence-corrected chi connectivity index (χ2v) is 4.23. The lowest BCUT2D eigenvalue weighted by molar-refractivity contribution is -0.145. The van der Waals surface area contributed by atoms with Gasteiger partial charge < -0.3 is 10.4 Å². The highest BCUT2D eigenvalue weighted by atomic mass is 16.4. The molecule has 2 aliphatic heterocycles. The van der Waals surface area contributed by atoms with Gasteiger partial charge in [-0.1, -0.05) is 6.42 Å². The summed E-state index contributed by atoms with van der Waals surface area (Å²) in [5.74, 6) is -0.642. The number of carbonyl (C=O) groups is 1. The third-order valence-electron chi connectivity index (χ3n) is 3.33. The molecule has 2 N–H and O–H groups in total. The van der Waals surface area contributed by atoms with E-state index in [-0.39, 0.29) is 6.04 Å². The molecule has 2 aliphatic rings. The molecule has 4 heteroatoms. The van der Waals surface area contributed by atoms with Crippen molar-refractivity contribution in [3.8, 4) is 0 Å². The predicted octanol–water partition coefficient (Wildman–Crippen LogP) is 0.287. The Labute approximate surface area is 84.3 Å². The third kappa shape index (κ3) is 1.91. The molecule has 2 rings (SSSR count). The van der Waals surface area contributed by atoms with Gasteiger partial charge in [-0.2, -0.15) is 0 Å². The number of hydrogen-bond acceptors (Lipinski definition) is 3. The first-order valence-electron chi connectivity index (χ1n) is 5.48. The molecule has 0 aromatic rings. The van der Waals surface area contributed by atoms with Crippen LogP contribution in [0.3, 0.4) is 0 Å². The van der Waals surface area contributed by atoms with Crippen molar-refractivity contribution < 1.29 is 9.90 Å². The van der Waals surface area contributed by atoms with Gasteiger partial charge in [0, 0.05) is 12.6 Å². The van der Waals surface area contributed by atoms with Crippen molar-refractivity contribution in [2.75, 3.05) is 19.6 Å². The Hall–Kier alpha value is -0.610. The van der Waals surface area contributed by atoms with Crippen LogP contribution in [0.5, 0.6) is 0 Å². The summed E-state index contributed by atoms with van der Waals surface area (Å²) in [5, 5.41) is 12.4. The first-order chi connectivity index (χ1) is 6.79. The van der Waals surface area contributed by atoms with E-state index >= 15 is 0 Å². The molecule has 14 heavy (non-hydrogen) atoms. The summed E-state index contributed by atoms with van der Waals surface area (Å²) in [4.78, 5) is 13.2. The summed E-state index contributed by atoms with van der Waals surface area (Å²) in [6, 6.07) is 0.227. The largest absolute Gasteiger partial charge is 0.480 e. The highest BCUT2D eigenvalue weighted by Crippen LogP contribution is 2.22. The molecule has 4 nitrogen and oxygen atoms in total. The quantitative estimate of drug-likeness (QED) is 0.669. The van der Waals surface area contributed by atoms with E-state index in [1.54, 1.807) is 0 Å². The van der Waals surface area contributed by atoms with Crippen LogP contribution in [0.4, 0.5) is 0 Å². The van der Waals surface area contributed by atoms with Gasteiger partial charge >= 0.3 is 5.97 Å². The first-order valence-corrected chi connectivity index (χ1v) is 5.48. The Morgan fingerprint density at radius 3 is 2.86 bits per heavy atom. The Bertz CT molecular complexity index is 214. The molecule has 0 saturated carbocycles. The van der Waals surface area contributed by atoms with Crippen molar-refractivity contribution in [1.29, 1.82) is 0 Å². The molecular formula is C10H18N2O2. The molecule has 0 radical (unpaired) electrons. The van der Waals surface area contributed by atoms with E-state index in [9.17, 15) is 4.79 Å². The van der Waals surface area contributed by atoms with Gasteiger partial charge in [0.15, 0.2) is 0 Å². The maximum atomic E-state index is 11.1. The summed E-state index contributed by atoms with van der Waals surface area (Å²) >= 11 is 0. The van der Waals surface area contributed by atoms with Gasteiger partial charge in [-0.3, -0.25) is 9.69 Å². The number of aliphatic carboxylic acids is 1. The second-order valence-electron chi connectivity index (χ2n) is 4.23. The lowest BCUT2D eigenvalue weighted by Gasteiger charge is -2.37. The van der Waals surface area contributed by atoms with Crippen molar-refractivity contribution in [3.63, 3.8) is 0 Å². The number of piperidine rings is 1. The lowest BCUT2D eigenvalue weighted by atomic mass is 9.99. The van der Waals surface area contributed by atoms with Crippen LogP contribution in [0.15, 0.2) is 0 Å². The number of carboxylic acid groups (broad SMARTS) is 1. The number of hydrogen-bond donors (Lipinski definition) is 2. The van der Waals surface area contributed by atoms with Gasteiger partial charge in [0.2, 0.25) is 0 Å². The van der Waals surface area contributed by atoms with Crippen molar-refractivity contribution in [2.45, 2.75) is 37.8 Å². The monoisotopic (exact) mass is 198 g/mol. The van der Waals surface area contributed by atoms with Crippen molar-refractivity contribution in [2.24, 2.45) is 0 Å². The van der Waals surface area contributed by atoms with Crippen molar-refractivity contribution in [3.05, 3.63) is 0 Å². The van der Waals surface area contributed by atoms with E-state index in [1.165, 1.54) is 0 Å². The molecule has 2 heterocycles. The zero-order valence-corrected chi connectivity index (χ0v) is 8.41. The fourth-order valence-electron chi connectivity index (χ4n) is 2.58. The minimum Gasteiger partial charge on any atom is -0.480 e. The average molecular weight is 198 g/mol. The van der Waals surface area contributed by atoms with E-state index < -0.39 is 5.97 Å². The number of carboxylic acids is 1. The van der Waals surface area contributed by atoms with Gasteiger partial charge in [0.1, 0.15) is 6.04 Å². The molecule has 0 amide bonds. The summed E-state index contributed by atoms with van der Waals surface area (Å²) < 4.78 is 0. The van der Waals surface area contributed by atoms with Gasteiger partial charge in [-0.05, 0) is 32.4 Å². The Balaban J connectivity index is 2.01. The maximum Gasteiger partial charge on any atom is 0.320 e. The highest BCUT2D eigenvalue weighted by molar-refractivity contribution is 5.73. The van der Waals surface area contributed by atoms with Crippen molar-refractivity contribution in [1.82, 2.24) is 10.2 Å². The Morgan fingerprint density at radius 2 is 2.21 bits per heavy atom. The molecular weight excluding hydrogens is 180 g/mol. The molecule has 0 aliphatic carbocycles. The SMILES string of the molecule is O=C(O)C1CCCCN1C1CCNC1. The zero-order chi connectivity index (χ0) is 9.97. The third-order valence-corrected chi connectivity index (χ3v) is 3.33. The molecule has 0 bridgehead atoms. The number of rotatable bonds is 2. The molecule has 2 atom stereocenters. The van der Waals surface area contributed by atoms with Crippen LogP contribution in [-0.2, 0) is 4.79 Å². The van der Waals surface area contributed by atoms with Crippen LogP contribution in [0.2, 0.25) is 0 Å². The van der Waals surface area contributed by atoms with Crippen LogP contribution in [0.1, 0.15) is 25.7 Å². The zero-order valence-electron chi connectivity index (χ0n) is 8.41. The number of likely N-dealkylation sites (tertiary alicyclic amines) is 1. The van der Waals surface area contributed by atoms with E-state index in [2.05, 4.69) is 10.2 Å². The molecule has 0 spiro atoms. The number of nitrogens with one attached hydrogen (secondary N) is 1. The minimum atomic E-state index is -0.642. The fourth-order valence-corrected chi connectivity index (χ4v) is 2.58. The predicted molar refractivity (Wildman–Crippen MR) is 53.3 cm³/mol. The van der Waals surface area contributed by atoms with E-state index in [0.717, 1.165) is 45.3 Å². The van der Waals surface area contributed by atoms with E-state index in [1.807, 2.05) is 0 Å². The smallest absolute Gasteiger partial charge is 0.320 e. The van der Waals surface area contributed by atoms with Crippen LogP contribution in [-0.4, -0.2) is 47.7 Å². The fraction of sp³-hybridized carbons (Fsp3) is 0.900. The highest BCUT2D eigenvalue weighted by Gasteiger charge is 2.34. The van der Waals surface area contributed by atoms with E-state index in [0.29, 0.717) is 6.04 Å². The van der Waals surface area contributed by atoms with E-state index in [4.69, 9.17) is 5.11 Å². The normalized spacial score (nSPS) is 34.6. The van der Waals surface area contributed by atoms with Crippen LogP contribution < -0.4 is 5.32 Å². The summed E-state index contributed by atoms with van der Waals surface area (Å²) in [5.41, 5.74) is 0. The average Bonchev–Trinajstić information content (AvgIpc) is 2.70. The number of nitrogens with zero attached hydrogens (tertiary/aromatic N) is 1. The van der Waals surface area contributed by atoms with Crippen LogP contribution in [0, 0.1) is 0 Å². The molecule has 2 fully saturated rings. The minimum absolute atomic E-state index is 0.228. The standard InChI is InChI=1S/C10H18N2O2/c13-10(14)9-3-1-2-6-12(9)8-4-5-11-7-8/h8-9,11H,1-7H2,(H,13,14). The Morgan fingerprint density at radius 1 is 1.36 bits per heavy atom. The summed E-state index contributed by atoms with van der Waals surface area (Å²) in [6.45, 7) is 2.96. The van der Waals surface area contributed by atoms with Gasteiger partial charge in [0.05, 0.1) is 0 Å². The van der Waals surface area contributed by atoms with Crippen LogP contribution >= 0.6 is 0 Å². The summed E-state index contributed by atoms with van der Waals surface area (Å²) in [7, 11) is 0. The van der Waals surface area contributed by atoms with Gasteiger partial charge in [0.25, 0.3) is 0 Å². The molecule has 0 aromatic heterocycles. The van der Waals surface area contributed by atoms with Gasteiger partial charge in [-0.15, -0.1) is 0 Å². The molecule has 2 saturated heterocycles. The molecule has 2 unspecified atom stereocenters. The van der Waals surface area contributed by atoms with Crippen molar-refractivity contribution >= 4 is 5.97 Å². The molecule has 80 valence electrons. The second kappa shape index (κ2) is 4.28. The van der Waals surface area contributed by atoms with Crippen LogP contribution in [0.25, 0.3) is 0 Å². The topological polar surface area (TPSA) is 52.6 Å². The Kier molecular flexibility index (Phi) is 3.03. The molecule has 0 aromatic carbocycles. The van der Waals surface area contributed by atoms with Gasteiger partial charge in [-0.25, -0.2) is 0 Å². The maximum absolute atomic E-state index is 11.1.